The van der Waals surface area contributed by atoms with Crippen LogP contribution in [-0.4, -0.2) is 71.6 Å². The van der Waals surface area contributed by atoms with Crippen LogP contribution in [0.4, 0.5) is 29.3 Å². The molecule has 0 bridgehead atoms. The maximum atomic E-state index is 14.0. The summed E-state index contributed by atoms with van der Waals surface area (Å²) < 4.78 is 48.8. The number of anilines is 2. The number of likely N-dealkylation sites (tertiary alicyclic amines) is 1. The summed E-state index contributed by atoms with van der Waals surface area (Å²) in [6.07, 6.45) is -6.24. The number of aromatic nitrogens is 2. The Labute approximate surface area is 201 Å². The SMILES string of the molecule is CCO[C@H]1CN(C(=O)O)C[C@H]1Nc1c(C)nc(-c2ccc(N(C)C)cc2C(F)(F)F)n(CC)c1=O. The van der Waals surface area contributed by atoms with E-state index in [0.29, 0.717) is 12.3 Å². The fourth-order valence-electron chi connectivity index (χ4n) is 4.20. The first-order chi connectivity index (χ1) is 16.4. The Balaban J connectivity index is 2.09. The van der Waals surface area contributed by atoms with E-state index < -0.39 is 35.5 Å². The molecule has 2 aromatic rings. The summed E-state index contributed by atoms with van der Waals surface area (Å²) in [5, 5.41) is 12.4. The second kappa shape index (κ2) is 10.1. The van der Waals surface area contributed by atoms with Gasteiger partial charge in [-0.1, -0.05) is 0 Å². The Kier molecular flexibility index (Phi) is 7.63. The lowest BCUT2D eigenvalue weighted by molar-refractivity contribution is -0.137. The fourth-order valence-corrected chi connectivity index (χ4v) is 4.20. The summed E-state index contributed by atoms with van der Waals surface area (Å²) in [6.45, 7) is 5.65. The smallest absolute Gasteiger partial charge is 0.417 e. The number of nitrogens with one attached hydrogen (secondary N) is 1. The molecule has 192 valence electrons. The second-order valence-corrected chi connectivity index (χ2v) is 8.50. The molecule has 1 amide bonds. The Morgan fingerprint density at radius 1 is 1.29 bits per heavy atom. The largest absolute Gasteiger partial charge is 0.465 e. The quantitative estimate of drug-likeness (QED) is 0.604. The van der Waals surface area contributed by atoms with Crippen LogP contribution in [0.3, 0.4) is 0 Å². The van der Waals surface area contributed by atoms with E-state index in [2.05, 4.69) is 10.3 Å². The molecule has 3 rings (SSSR count). The highest BCUT2D eigenvalue weighted by Crippen LogP contribution is 2.38. The van der Waals surface area contributed by atoms with Crippen molar-refractivity contribution in [1.29, 1.82) is 0 Å². The van der Waals surface area contributed by atoms with Gasteiger partial charge < -0.3 is 25.0 Å². The molecule has 9 nitrogen and oxygen atoms in total. The third-order valence-electron chi connectivity index (χ3n) is 5.98. The Morgan fingerprint density at radius 2 is 1.97 bits per heavy atom. The topological polar surface area (TPSA) is 99.9 Å². The van der Waals surface area contributed by atoms with E-state index in [4.69, 9.17) is 4.74 Å². The van der Waals surface area contributed by atoms with Crippen LogP contribution >= 0.6 is 0 Å². The lowest BCUT2D eigenvalue weighted by Crippen LogP contribution is -2.38. The van der Waals surface area contributed by atoms with Crippen LogP contribution in [-0.2, 0) is 17.5 Å². The molecule has 1 saturated heterocycles. The molecule has 12 heteroatoms. The van der Waals surface area contributed by atoms with Crippen molar-refractivity contribution in [2.24, 2.45) is 0 Å². The van der Waals surface area contributed by atoms with E-state index in [1.165, 1.54) is 22.5 Å². The number of ether oxygens (including phenoxy) is 1. The zero-order valence-corrected chi connectivity index (χ0v) is 20.3. The molecule has 35 heavy (non-hydrogen) atoms. The molecular weight excluding hydrogens is 467 g/mol. The molecule has 1 aliphatic heterocycles. The van der Waals surface area contributed by atoms with Crippen molar-refractivity contribution in [3.8, 4) is 11.4 Å². The number of alkyl halides is 3. The van der Waals surface area contributed by atoms with Gasteiger partial charge in [-0.15, -0.1) is 0 Å². The van der Waals surface area contributed by atoms with Gasteiger partial charge in [0.15, 0.2) is 0 Å². The standard InChI is InChI=1S/C23H30F3N5O4/c1-6-31-20(15-9-8-14(29(4)5)10-16(15)23(24,25)26)27-13(3)19(21(31)32)28-17-11-30(22(33)34)12-18(17)35-7-2/h8-10,17-18,28H,6-7,11-12H2,1-5H3,(H,33,34)/t17-,18+/m1/s1. The van der Waals surface area contributed by atoms with E-state index in [9.17, 15) is 27.9 Å². The molecule has 0 radical (unpaired) electrons. The number of halogens is 3. The number of carbonyl (C=O) groups is 1. The predicted octanol–water partition coefficient (Wildman–Crippen LogP) is 3.50. The van der Waals surface area contributed by atoms with Crippen LogP contribution in [0.1, 0.15) is 25.1 Å². The van der Waals surface area contributed by atoms with Crippen molar-refractivity contribution in [2.75, 3.05) is 44.0 Å². The van der Waals surface area contributed by atoms with Crippen molar-refractivity contribution < 1.29 is 27.8 Å². The highest BCUT2D eigenvalue weighted by Gasteiger charge is 2.38. The van der Waals surface area contributed by atoms with Crippen LogP contribution in [0.15, 0.2) is 23.0 Å². The molecule has 2 N–H and O–H groups in total. The van der Waals surface area contributed by atoms with E-state index >= 15 is 0 Å². The lowest BCUT2D eigenvalue weighted by Gasteiger charge is -2.23. The van der Waals surface area contributed by atoms with Crippen LogP contribution < -0.4 is 15.8 Å². The number of hydrogen-bond donors (Lipinski definition) is 2. The monoisotopic (exact) mass is 497 g/mol. The molecule has 2 heterocycles. The summed E-state index contributed by atoms with van der Waals surface area (Å²) >= 11 is 0. The molecule has 1 aliphatic rings. The molecule has 1 fully saturated rings. The maximum absolute atomic E-state index is 14.0. The summed E-state index contributed by atoms with van der Waals surface area (Å²) in [4.78, 5) is 32.0. The number of aryl methyl sites for hydroxylation is 1. The minimum absolute atomic E-state index is 0.0851. The third kappa shape index (κ3) is 5.37. The van der Waals surface area contributed by atoms with E-state index in [1.54, 1.807) is 38.9 Å². The Hall–Kier alpha value is -3.28. The van der Waals surface area contributed by atoms with Gasteiger partial charge in [0.25, 0.3) is 5.56 Å². The molecule has 0 aliphatic carbocycles. The zero-order chi connectivity index (χ0) is 26.1. The van der Waals surface area contributed by atoms with Gasteiger partial charge in [0.05, 0.1) is 29.9 Å². The Bertz CT molecular complexity index is 1150. The molecule has 1 aromatic carbocycles. The summed E-state index contributed by atoms with van der Waals surface area (Å²) in [7, 11) is 3.29. The number of hydrogen-bond acceptors (Lipinski definition) is 6. The van der Waals surface area contributed by atoms with E-state index in [-0.39, 0.29) is 42.4 Å². The summed E-state index contributed by atoms with van der Waals surface area (Å²) in [5.41, 5.74) is -0.930. The molecule has 0 spiro atoms. The van der Waals surface area contributed by atoms with Crippen LogP contribution in [0.5, 0.6) is 0 Å². The van der Waals surface area contributed by atoms with Crippen LogP contribution in [0, 0.1) is 6.92 Å². The highest BCUT2D eigenvalue weighted by atomic mass is 19.4. The van der Waals surface area contributed by atoms with Gasteiger partial charge in [0.2, 0.25) is 0 Å². The van der Waals surface area contributed by atoms with Gasteiger partial charge in [-0.2, -0.15) is 13.2 Å². The normalized spacial score (nSPS) is 18.1. The fraction of sp³-hybridized carbons (Fsp3) is 0.522. The highest BCUT2D eigenvalue weighted by molar-refractivity contribution is 5.68. The first-order valence-corrected chi connectivity index (χ1v) is 11.2. The predicted molar refractivity (Wildman–Crippen MR) is 126 cm³/mol. The number of benzene rings is 1. The number of carboxylic acid groups (broad SMARTS) is 1. The average Bonchev–Trinajstić information content (AvgIpc) is 3.18. The van der Waals surface area contributed by atoms with Crippen molar-refractivity contribution in [1.82, 2.24) is 14.5 Å². The van der Waals surface area contributed by atoms with Gasteiger partial charge in [-0.3, -0.25) is 9.36 Å². The molecule has 0 saturated carbocycles. The number of amides is 1. The zero-order valence-electron chi connectivity index (χ0n) is 20.3. The molecule has 1 aromatic heterocycles. The number of nitrogens with zero attached hydrogens (tertiary/aromatic N) is 4. The van der Waals surface area contributed by atoms with Crippen molar-refractivity contribution >= 4 is 17.5 Å². The van der Waals surface area contributed by atoms with Gasteiger partial charge in [0.1, 0.15) is 11.5 Å². The van der Waals surface area contributed by atoms with Crippen LogP contribution in [0.25, 0.3) is 11.4 Å². The van der Waals surface area contributed by atoms with E-state index in [1.807, 2.05) is 0 Å². The van der Waals surface area contributed by atoms with Crippen molar-refractivity contribution in [2.45, 2.75) is 45.6 Å². The lowest BCUT2D eigenvalue weighted by atomic mass is 10.0. The third-order valence-corrected chi connectivity index (χ3v) is 5.98. The van der Waals surface area contributed by atoms with Gasteiger partial charge in [-0.05, 0) is 39.0 Å². The van der Waals surface area contributed by atoms with Crippen molar-refractivity contribution in [3.05, 3.63) is 39.8 Å². The molecule has 2 atom stereocenters. The maximum Gasteiger partial charge on any atom is 0.417 e. The Morgan fingerprint density at radius 3 is 2.51 bits per heavy atom. The average molecular weight is 498 g/mol. The van der Waals surface area contributed by atoms with Gasteiger partial charge in [-0.25, -0.2) is 9.78 Å². The first-order valence-electron chi connectivity index (χ1n) is 11.2. The van der Waals surface area contributed by atoms with Crippen molar-refractivity contribution in [3.63, 3.8) is 0 Å². The molecular formula is C23H30F3N5O4. The van der Waals surface area contributed by atoms with Crippen LogP contribution in [0.2, 0.25) is 0 Å². The van der Waals surface area contributed by atoms with Gasteiger partial charge in [0, 0.05) is 45.0 Å². The summed E-state index contributed by atoms with van der Waals surface area (Å²) in [6, 6.07) is 3.39. The van der Waals surface area contributed by atoms with Gasteiger partial charge >= 0.3 is 12.3 Å². The second-order valence-electron chi connectivity index (χ2n) is 8.50. The molecule has 0 unspecified atom stereocenters. The summed E-state index contributed by atoms with van der Waals surface area (Å²) in [5.74, 6) is -0.0851. The minimum atomic E-state index is -4.66. The van der Waals surface area contributed by atoms with E-state index in [0.717, 1.165) is 6.07 Å². The first kappa shape index (κ1) is 26.3. The number of rotatable bonds is 7. The minimum Gasteiger partial charge on any atom is -0.465 e.